The number of fused-ring (bicyclic) bond motifs is 1. The molecule has 17 heavy (non-hydrogen) atoms. The summed E-state index contributed by atoms with van der Waals surface area (Å²) in [6.07, 6.45) is 0.596. The van der Waals surface area contributed by atoms with Gasteiger partial charge in [-0.15, -0.1) is 11.3 Å². The minimum Gasteiger partial charge on any atom is -0.450 e. The molecule has 2 heterocycles. The number of methoxy groups -OCH3 is 1. The van der Waals surface area contributed by atoms with E-state index in [0.717, 1.165) is 6.42 Å². The van der Waals surface area contributed by atoms with Crippen LogP contribution < -0.4 is 0 Å². The lowest BCUT2D eigenvalue weighted by atomic mass is 10.1. The molecule has 0 saturated carbocycles. The van der Waals surface area contributed by atoms with E-state index in [1.165, 1.54) is 10.4 Å². The second-order valence-corrected chi connectivity index (χ2v) is 4.92. The van der Waals surface area contributed by atoms with Gasteiger partial charge >= 0.3 is 6.09 Å². The van der Waals surface area contributed by atoms with Gasteiger partial charge in [-0.05, 0) is 30.4 Å². The number of thiophene rings is 1. The average molecular weight is 255 g/mol. The summed E-state index contributed by atoms with van der Waals surface area (Å²) in [6.45, 7) is 3.50. The van der Waals surface area contributed by atoms with Crippen molar-refractivity contribution in [2.75, 3.05) is 26.8 Å². The molecule has 1 atom stereocenters. The van der Waals surface area contributed by atoms with E-state index in [9.17, 15) is 4.79 Å². The van der Waals surface area contributed by atoms with Gasteiger partial charge in [0.1, 0.15) is 6.10 Å². The first-order chi connectivity index (χ1) is 8.26. The van der Waals surface area contributed by atoms with Gasteiger partial charge in [-0.2, -0.15) is 0 Å². The van der Waals surface area contributed by atoms with Crippen LogP contribution in [0.4, 0.5) is 4.79 Å². The summed E-state index contributed by atoms with van der Waals surface area (Å²) in [5.41, 5.74) is 1.21. The van der Waals surface area contributed by atoms with Crippen LogP contribution in [0.15, 0.2) is 11.4 Å². The molecule has 0 spiro atoms. The first-order valence-electron chi connectivity index (χ1n) is 5.77. The Balaban J connectivity index is 2.13. The molecule has 0 N–H and O–H groups in total. The van der Waals surface area contributed by atoms with Gasteiger partial charge in [0.25, 0.3) is 0 Å². The molecule has 0 fully saturated rings. The van der Waals surface area contributed by atoms with Crippen LogP contribution in [0.3, 0.4) is 0 Å². The third-order valence-corrected chi connectivity index (χ3v) is 3.93. The van der Waals surface area contributed by atoms with Crippen molar-refractivity contribution in [3.8, 4) is 0 Å². The number of amides is 1. The summed E-state index contributed by atoms with van der Waals surface area (Å²) in [7, 11) is 1.68. The molecular weight excluding hydrogens is 238 g/mol. The van der Waals surface area contributed by atoms with E-state index in [2.05, 4.69) is 11.4 Å². The lowest BCUT2D eigenvalue weighted by molar-refractivity contribution is 0.0549. The van der Waals surface area contributed by atoms with Gasteiger partial charge in [-0.25, -0.2) is 4.79 Å². The molecule has 1 aromatic heterocycles. The number of rotatable bonds is 2. The minimum atomic E-state index is -0.246. The maximum atomic E-state index is 11.7. The van der Waals surface area contributed by atoms with E-state index in [1.54, 1.807) is 23.3 Å². The van der Waals surface area contributed by atoms with Crippen LogP contribution in [0, 0.1) is 0 Å². The van der Waals surface area contributed by atoms with Gasteiger partial charge in [-0.1, -0.05) is 0 Å². The van der Waals surface area contributed by atoms with Gasteiger partial charge in [0.2, 0.25) is 0 Å². The highest BCUT2D eigenvalue weighted by Gasteiger charge is 2.27. The molecule has 4 nitrogen and oxygen atoms in total. The Hall–Kier alpha value is -1.07. The second-order valence-electron chi connectivity index (χ2n) is 3.92. The van der Waals surface area contributed by atoms with E-state index < -0.39 is 0 Å². The van der Waals surface area contributed by atoms with Crippen molar-refractivity contribution in [1.29, 1.82) is 0 Å². The minimum absolute atomic E-state index is 0.0387. The number of nitrogens with zero attached hydrogens (tertiary/aromatic N) is 1. The number of hydrogen-bond acceptors (Lipinski definition) is 4. The maximum Gasteiger partial charge on any atom is 0.409 e. The second kappa shape index (κ2) is 5.51. The van der Waals surface area contributed by atoms with Crippen molar-refractivity contribution >= 4 is 17.4 Å². The summed E-state index contributed by atoms with van der Waals surface area (Å²) >= 11 is 1.73. The largest absolute Gasteiger partial charge is 0.450 e. The van der Waals surface area contributed by atoms with Crippen LogP contribution in [0.1, 0.15) is 23.5 Å². The molecule has 5 heteroatoms. The van der Waals surface area contributed by atoms with Crippen molar-refractivity contribution in [2.24, 2.45) is 0 Å². The quantitative estimate of drug-likeness (QED) is 0.814. The molecule has 0 aromatic carbocycles. The number of hydrogen-bond donors (Lipinski definition) is 0. The summed E-state index contributed by atoms with van der Waals surface area (Å²) < 4.78 is 10.5. The normalized spacial score (nSPS) is 19.6. The van der Waals surface area contributed by atoms with Gasteiger partial charge < -0.3 is 14.4 Å². The number of ether oxygens (including phenoxy) is 2. The highest BCUT2D eigenvalue weighted by molar-refractivity contribution is 7.10. The number of carbonyl (C=O) groups is 1. The lowest BCUT2D eigenvalue weighted by Gasteiger charge is -2.23. The fraction of sp³-hybridized carbons (Fsp3) is 0.583. The van der Waals surface area contributed by atoms with Gasteiger partial charge in [0.05, 0.1) is 13.2 Å². The van der Waals surface area contributed by atoms with Crippen LogP contribution in [0.5, 0.6) is 0 Å². The Morgan fingerprint density at radius 1 is 1.65 bits per heavy atom. The zero-order valence-electron chi connectivity index (χ0n) is 10.1. The highest BCUT2D eigenvalue weighted by atomic mass is 32.1. The standard InChI is InChI=1S/C12H17NO3S/c1-3-16-12(14)13-6-4-11-9(5-7-17-11)10(8-13)15-2/h5,7,10H,3-4,6,8H2,1-2H3/t10-/m1/s1. The Morgan fingerprint density at radius 3 is 3.18 bits per heavy atom. The Kier molecular flexibility index (Phi) is 4.02. The van der Waals surface area contributed by atoms with Crippen molar-refractivity contribution in [1.82, 2.24) is 4.90 Å². The van der Waals surface area contributed by atoms with Crippen LogP contribution >= 0.6 is 11.3 Å². The van der Waals surface area contributed by atoms with E-state index in [4.69, 9.17) is 9.47 Å². The molecule has 0 unspecified atom stereocenters. The predicted molar refractivity (Wildman–Crippen MR) is 66.4 cm³/mol. The van der Waals surface area contributed by atoms with Gasteiger partial charge in [0, 0.05) is 18.5 Å². The van der Waals surface area contributed by atoms with Crippen molar-refractivity contribution in [2.45, 2.75) is 19.4 Å². The zero-order chi connectivity index (χ0) is 12.3. The first-order valence-corrected chi connectivity index (χ1v) is 6.65. The molecule has 0 bridgehead atoms. The predicted octanol–water partition coefficient (Wildman–Crippen LogP) is 2.45. The van der Waals surface area contributed by atoms with Crippen LogP contribution in [-0.4, -0.2) is 37.8 Å². The Bertz CT molecular complexity index is 391. The molecule has 1 aliphatic rings. The van der Waals surface area contributed by atoms with Crippen molar-refractivity contribution < 1.29 is 14.3 Å². The molecule has 2 rings (SSSR count). The van der Waals surface area contributed by atoms with Crippen LogP contribution in [0.2, 0.25) is 0 Å². The Morgan fingerprint density at radius 2 is 2.47 bits per heavy atom. The molecule has 1 amide bonds. The van der Waals surface area contributed by atoms with Gasteiger partial charge in [-0.3, -0.25) is 0 Å². The molecule has 1 aromatic rings. The summed E-state index contributed by atoms with van der Waals surface area (Å²) in [6, 6.07) is 2.09. The monoisotopic (exact) mass is 255 g/mol. The third kappa shape index (κ3) is 2.61. The van der Waals surface area contributed by atoms with Crippen molar-refractivity contribution in [3.05, 3.63) is 21.9 Å². The Labute approximate surface area is 105 Å². The molecule has 94 valence electrons. The summed E-state index contributed by atoms with van der Waals surface area (Å²) in [4.78, 5) is 14.8. The smallest absolute Gasteiger partial charge is 0.409 e. The third-order valence-electron chi connectivity index (χ3n) is 2.93. The zero-order valence-corrected chi connectivity index (χ0v) is 11.0. The van der Waals surface area contributed by atoms with Crippen LogP contribution in [-0.2, 0) is 15.9 Å². The van der Waals surface area contributed by atoms with Crippen LogP contribution in [0.25, 0.3) is 0 Å². The van der Waals surface area contributed by atoms with E-state index >= 15 is 0 Å². The SMILES string of the molecule is CCOC(=O)N1CCc2sccc2[C@H](OC)C1. The fourth-order valence-electron chi connectivity index (χ4n) is 2.05. The highest BCUT2D eigenvalue weighted by Crippen LogP contribution is 2.30. The van der Waals surface area contributed by atoms with E-state index in [1.807, 2.05) is 6.92 Å². The molecule has 0 radical (unpaired) electrons. The summed E-state index contributed by atoms with van der Waals surface area (Å²) in [5, 5.41) is 2.08. The molecule has 0 aliphatic carbocycles. The molecular formula is C12H17NO3S. The van der Waals surface area contributed by atoms with Gasteiger partial charge in [0.15, 0.2) is 0 Å². The molecule has 1 aliphatic heterocycles. The topological polar surface area (TPSA) is 38.8 Å². The molecule has 0 saturated heterocycles. The van der Waals surface area contributed by atoms with Crippen molar-refractivity contribution in [3.63, 3.8) is 0 Å². The number of carbonyl (C=O) groups excluding carboxylic acids is 1. The first kappa shape index (κ1) is 12.4. The van der Waals surface area contributed by atoms with E-state index in [-0.39, 0.29) is 12.2 Å². The lowest BCUT2D eigenvalue weighted by Crippen LogP contribution is -2.35. The fourth-order valence-corrected chi connectivity index (χ4v) is 2.97. The van der Waals surface area contributed by atoms with E-state index in [0.29, 0.717) is 19.7 Å². The average Bonchev–Trinajstić information content (AvgIpc) is 2.71. The maximum absolute atomic E-state index is 11.7. The summed E-state index contributed by atoms with van der Waals surface area (Å²) in [5.74, 6) is 0.